The summed E-state index contributed by atoms with van der Waals surface area (Å²) in [4.78, 5) is 36.7. The smallest absolute Gasteiger partial charge is 0.349 e. The molecule has 0 bridgehead atoms. The summed E-state index contributed by atoms with van der Waals surface area (Å²) < 4.78 is 28.4. The van der Waals surface area contributed by atoms with E-state index >= 15 is 0 Å². The third-order valence-corrected chi connectivity index (χ3v) is 3.19. The number of hydrogen-bond acceptors (Lipinski definition) is 6. The minimum absolute atomic E-state index is 0.173. The summed E-state index contributed by atoms with van der Waals surface area (Å²) in [5.74, 6) is -3.43. The van der Waals surface area contributed by atoms with E-state index in [0.29, 0.717) is 5.56 Å². The van der Waals surface area contributed by atoms with Crippen molar-refractivity contribution in [1.29, 1.82) is 0 Å². The van der Waals surface area contributed by atoms with Crippen LogP contribution in [0.1, 0.15) is 33.3 Å². The number of cyclic esters (lactones) is 1. The predicted molar refractivity (Wildman–Crippen MR) is 90.0 cm³/mol. The Morgan fingerprint density at radius 1 is 0.962 bits per heavy atom. The van der Waals surface area contributed by atoms with E-state index in [-0.39, 0.29) is 11.3 Å². The van der Waals surface area contributed by atoms with Crippen molar-refractivity contribution in [3.8, 4) is 0 Å². The third-order valence-electron chi connectivity index (χ3n) is 3.19. The van der Waals surface area contributed by atoms with Crippen LogP contribution in [-0.4, -0.2) is 30.1 Å². The van der Waals surface area contributed by atoms with Crippen LogP contribution in [0.4, 0.5) is 4.39 Å². The monoisotopic (exact) mass is 362 g/mol. The summed E-state index contributed by atoms with van der Waals surface area (Å²) in [6, 6.07) is 5.19. The molecule has 1 aliphatic heterocycles. The highest BCUT2D eigenvalue weighted by Crippen LogP contribution is 2.33. The molecule has 0 saturated heterocycles. The van der Waals surface area contributed by atoms with Crippen LogP contribution < -0.4 is 0 Å². The second kappa shape index (κ2) is 7.95. The van der Waals surface area contributed by atoms with E-state index in [1.54, 1.807) is 27.7 Å². The van der Waals surface area contributed by atoms with Crippen molar-refractivity contribution in [2.45, 2.75) is 39.9 Å². The Labute approximate surface area is 150 Å². The Kier molecular flexibility index (Phi) is 5.92. The van der Waals surface area contributed by atoms with Gasteiger partial charge in [-0.3, -0.25) is 0 Å². The average Bonchev–Trinajstić information content (AvgIpc) is 2.88. The van der Waals surface area contributed by atoms with Crippen molar-refractivity contribution < 1.29 is 33.0 Å². The molecule has 0 radical (unpaired) electrons. The first-order chi connectivity index (χ1) is 12.2. The molecule has 0 spiro atoms. The Morgan fingerprint density at radius 3 is 1.92 bits per heavy atom. The molecule has 0 aliphatic carbocycles. The maximum absolute atomic E-state index is 13.2. The van der Waals surface area contributed by atoms with E-state index < -0.39 is 41.5 Å². The van der Waals surface area contributed by atoms with Crippen molar-refractivity contribution in [2.24, 2.45) is 0 Å². The normalized spacial score (nSPS) is 13.6. The lowest BCUT2D eigenvalue weighted by atomic mass is 10.0. The molecular formula is C19H19FO6. The van der Waals surface area contributed by atoms with Gasteiger partial charge in [-0.15, -0.1) is 0 Å². The van der Waals surface area contributed by atoms with Crippen LogP contribution in [0.5, 0.6) is 0 Å². The van der Waals surface area contributed by atoms with Gasteiger partial charge in [0.15, 0.2) is 11.3 Å². The fourth-order valence-corrected chi connectivity index (χ4v) is 2.21. The van der Waals surface area contributed by atoms with Crippen molar-refractivity contribution in [2.75, 3.05) is 0 Å². The van der Waals surface area contributed by atoms with Crippen LogP contribution >= 0.6 is 0 Å². The molecule has 6 nitrogen and oxygen atoms in total. The number of carbonyl (C=O) groups excluding carboxylic acids is 3. The highest BCUT2D eigenvalue weighted by molar-refractivity contribution is 6.19. The van der Waals surface area contributed by atoms with Crippen LogP contribution in [0.25, 0.3) is 5.57 Å². The summed E-state index contributed by atoms with van der Waals surface area (Å²) in [7, 11) is 0. The molecular weight excluding hydrogens is 343 g/mol. The molecule has 138 valence electrons. The van der Waals surface area contributed by atoms with Crippen LogP contribution in [0.15, 0.2) is 41.7 Å². The lowest BCUT2D eigenvalue weighted by molar-refractivity contribution is -0.151. The molecule has 26 heavy (non-hydrogen) atoms. The molecule has 1 heterocycles. The maximum atomic E-state index is 13.2. The quantitative estimate of drug-likeness (QED) is 0.263. The molecule has 2 rings (SSSR count). The minimum Gasteiger partial charge on any atom is -0.459 e. The molecule has 1 aromatic carbocycles. The number of rotatable bonds is 5. The lowest BCUT2D eigenvalue weighted by Gasteiger charge is -2.15. The molecule has 1 aliphatic rings. The first-order valence-electron chi connectivity index (χ1n) is 8.05. The number of carbonyl (C=O) groups is 3. The van der Waals surface area contributed by atoms with Gasteiger partial charge in [0, 0.05) is 11.6 Å². The molecule has 0 aromatic heterocycles. The van der Waals surface area contributed by atoms with Crippen molar-refractivity contribution >= 4 is 23.5 Å². The van der Waals surface area contributed by atoms with E-state index in [0.717, 1.165) is 6.08 Å². The molecule has 0 saturated carbocycles. The fourth-order valence-electron chi connectivity index (χ4n) is 2.21. The van der Waals surface area contributed by atoms with E-state index in [1.807, 2.05) is 0 Å². The highest BCUT2D eigenvalue weighted by Gasteiger charge is 2.35. The summed E-state index contributed by atoms with van der Waals surface area (Å²) in [6.45, 7) is 6.47. The second-order valence-corrected chi connectivity index (χ2v) is 6.10. The Morgan fingerprint density at radius 2 is 1.46 bits per heavy atom. The van der Waals surface area contributed by atoms with Gasteiger partial charge >= 0.3 is 17.9 Å². The van der Waals surface area contributed by atoms with E-state index in [9.17, 15) is 18.8 Å². The Hall–Kier alpha value is -2.96. The predicted octanol–water partition coefficient (Wildman–Crippen LogP) is 2.92. The second-order valence-electron chi connectivity index (χ2n) is 6.10. The van der Waals surface area contributed by atoms with Gasteiger partial charge in [0.25, 0.3) is 0 Å². The third kappa shape index (κ3) is 4.56. The minimum atomic E-state index is -0.969. The fraction of sp³-hybridized carbons (Fsp3) is 0.316. The zero-order valence-electron chi connectivity index (χ0n) is 14.9. The van der Waals surface area contributed by atoms with Crippen molar-refractivity contribution in [3.05, 3.63) is 53.1 Å². The van der Waals surface area contributed by atoms with Crippen LogP contribution in [0, 0.1) is 5.82 Å². The van der Waals surface area contributed by atoms with Gasteiger partial charge in [0.05, 0.1) is 12.2 Å². The summed E-state index contributed by atoms with van der Waals surface area (Å²) >= 11 is 0. The van der Waals surface area contributed by atoms with Gasteiger partial charge in [0.1, 0.15) is 5.82 Å². The van der Waals surface area contributed by atoms with Gasteiger partial charge < -0.3 is 14.2 Å². The van der Waals surface area contributed by atoms with E-state index in [1.165, 1.54) is 24.3 Å². The van der Waals surface area contributed by atoms with Gasteiger partial charge in [-0.25, -0.2) is 18.8 Å². The maximum Gasteiger partial charge on any atom is 0.349 e. The number of esters is 3. The number of halogens is 1. The van der Waals surface area contributed by atoms with Gasteiger partial charge in [-0.1, -0.05) is 12.1 Å². The summed E-state index contributed by atoms with van der Waals surface area (Å²) in [6.07, 6.45) is 0.119. The van der Waals surface area contributed by atoms with E-state index in [4.69, 9.17) is 14.2 Å². The summed E-state index contributed by atoms with van der Waals surface area (Å²) in [5.41, 5.74) is 0.0553. The molecule has 1 aromatic rings. The van der Waals surface area contributed by atoms with Crippen LogP contribution in [-0.2, 0) is 28.6 Å². The molecule has 0 unspecified atom stereocenters. The molecule has 0 fully saturated rings. The largest absolute Gasteiger partial charge is 0.459 e. The standard InChI is InChI=1S/C19H19FO6/c1-10(2)24-18(22)16(19(23)25-11(3)4)17-14(9-15(21)26-17)12-5-7-13(20)8-6-12/h5-11H,1-4H3. The lowest BCUT2D eigenvalue weighted by Crippen LogP contribution is -2.25. The van der Waals surface area contributed by atoms with Gasteiger partial charge in [-0.2, -0.15) is 0 Å². The zero-order chi connectivity index (χ0) is 19.4. The Balaban J connectivity index is 2.56. The van der Waals surface area contributed by atoms with Crippen LogP contribution in [0.2, 0.25) is 0 Å². The number of benzene rings is 1. The van der Waals surface area contributed by atoms with E-state index in [2.05, 4.69) is 0 Å². The first-order valence-corrected chi connectivity index (χ1v) is 8.05. The Bertz CT molecular complexity index is 763. The summed E-state index contributed by atoms with van der Waals surface area (Å²) in [5, 5.41) is 0. The first kappa shape index (κ1) is 19.4. The van der Waals surface area contributed by atoms with Gasteiger partial charge in [-0.05, 0) is 45.4 Å². The molecule has 0 amide bonds. The van der Waals surface area contributed by atoms with Gasteiger partial charge in [0.2, 0.25) is 0 Å². The van der Waals surface area contributed by atoms with Crippen molar-refractivity contribution in [3.63, 3.8) is 0 Å². The number of allylic oxidation sites excluding steroid dienone is 1. The highest BCUT2D eigenvalue weighted by atomic mass is 19.1. The van der Waals surface area contributed by atoms with Crippen molar-refractivity contribution in [1.82, 2.24) is 0 Å². The molecule has 0 atom stereocenters. The molecule has 7 heteroatoms. The topological polar surface area (TPSA) is 78.9 Å². The number of hydrogen-bond donors (Lipinski definition) is 0. The van der Waals surface area contributed by atoms with Crippen LogP contribution in [0.3, 0.4) is 0 Å². The SMILES string of the molecule is CC(C)OC(=O)C(C(=O)OC(C)C)=C1OC(=O)C=C1c1ccc(F)cc1. The zero-order valence-corrected chi connectivity index (χ0v) is 14.9. The molecule has 0 N–H and O–H groups in total. The number of ether oxygens (including phenoxy) is 3. The average molecular weight is 362 g/mol.